The molecule has 1 heterocycles. The molecule has 0 bridgehead atoms. The van der Waals surface area contributed by atoms with Crippen molar-refractivity contribution < 1.29 is 8.42 Å². The number of hydrogen-bond donors (Lipinski definition) is 1. The van der Waals surface area contributed by atoms with Crippen LogP contribution in [0.25, 0.3) is 0 Å². The Morgan fingerprint density at radius 3 is 2.55 bits per heavy atom. The molecule has 0 atom stereocenters. The first-order valence-corrected chi connectivity index (χ1v) is 7.64. The maximum absolute atomic E-state index is 11.3. The van der Waals surface area contributed by atoms with Crippen molar-refractivity contribution in [2.75, 3.05) is 11.6 Å². The second-order valence-electron chi connectivity index (χ2n) is 4.15. The highest BCUT2D eigenvalue weighted by Gasteiger charge is 2.06. The first kappa shape index (κ1) is 14.0. The normalized spacial score (nSPS) is 10.8. The van der Waals surface area contributed by atoms with E-state index < -0.39 is 9.84 Å². The molecule has 1 N–H and O–H groups in total. The Hall–Kier alpha value is -2.46. The predicted molar refractivity (Wildman–Crippen MR) is 73.6 cm³/mol. The van der Waals surface area contributed by atoms with Crippen molar-refractivity contribution in [3.05, 3.63) is 47.8 Å². The minimum atomic E-state index is -3.18. The number of benzene rings is 1. The summed E-state index contributed by atoms with van der Waals surface area (Å²) >= 11 is 0. The lowest BCUT2D eigenvalue weighted by molar-refractivity contribution is 0.602. The first-order valence-electron chi connectivity index (χ1n) is 5.75. The zero-order valence-corrected chi connectivity index (χ0v) is 11.6. The molecule has 0 amide bonds. The van der Waals surface area contributed by atoms with E-state index in [9.17, 15) is 8.42 Å². The van der Waals surface area contributed by atoms with E-state index in [0.717, 1.165) is 5.56 Å². The molecule has 102 valence electrons. The van der Waals surface area contributed by atoms with E-state index in [1.807, 2.05) is 6.07 Å². The van der Waals surface area contributed by atoms with Gasteiger partial charge in [0.25, 0.3) is 0 Å². The lowest BCUT2D eigenvalue weighted by atomic mass is 10.2. The van der Waals surface area contributed by atoms with Crippen LogP contribution in [-0.4, -0.2) is 24.6 Å². The topological polar surface area (TPSA) is 95.7 Å². The lowest BCUT2D eigenvalue weighted by Gasteiger charge is -2.05. The van der Waals surface area contributed by atoms with Gasteiger partial charge in [0, 0.05) is 19.0 Å². The molecule has 6 nitrogen and oxygen atoms in total. The molecule has 1 aromatic heterocycles. The number of nitrogens with one attached hydrogen (secondary N) is 1. The van der Waals surface area contributed by atoms with Crippen LogP contribution in [0.15, 0.2) is 41.4 Å². The van der Waals surface area contributed by atoms with Crippen molar-refractivity contribution >= 4 is 15.8 Å². The largest absolute Gasteiger partial charge is 0.350 e. The molecule has 1 aromatic carbocycles. The van der Waals surface area contributed by atoms with Gasteiger partial charge in [-0.2, -0.15) is 5.26 Å². The maximum atomic E-state index is 11.3. The minimum absolute atomic E-state index is 0.281. The zero-order chi connectivity index (χ0) is 14.6. The number of rotatable bonds is 4. The summed E-state index contributed by atoms with van der Waals surface area (Å²) in [5.41, 5.74) is 1.18. The van der Waals surface area contributed by atoms with Crippen LogP contribution in [0.5, 0.6) is 0 Å². The zero-order valence-electron chi connectivity index (χ0n) is 10.7. The van der Waals surface area contributed by atoms with Crippen LogP contribution in [0.2, 0.25) is 0 Å². The van der Waals surface area contributed by atoms with Crippen LogP contribution in [-0.2, 0) is 16.4 Å². The number of hydrogen-bond acceptors (Lipinski definition) is 6. The molecule has 0 aliphatic rings. The summed E-state index contributed by atoms with van der Waals surface area (Å²) in [6.45, 7) is 0.443. The third-order valence-electron chi connectivity index (χ3n) is 2.57. The third kappa shape index (κ3) is 3.52. The third-order valence-corrected chi connectivity index (χ3v) is 3.70. The molecular weight excluding hydrogens is 276 g/mol. The molecule has 0 saturated heterocycles. The van der Waals surface area contributed by atoms with E-state index in [0.29, 0.717) is 12.5 Å². The molecule has 0 unspecified atom stereocenters. The summed E-state index contributed by atoms with van der Waals surface area (Å²) < 4.78 is 22.7. The highest BCUT2D eigenvalue weighted by atomic mass is 32.2. The summed E-state index contributed by atoms with van der Waals surface area (Å²) in [6, 6.07) is 10.0. The van der Waals surface area contributed by atoms with Crippen molar-refractivity contribution in [1.82, 2.24) is 9.97 Å². The molecule has 7 heteroatoms. The van der Waals surface area contributed by atoms with Crippen LogP contribution in [0.1, 0.15) is 11.3 Å². The van der Waals surface area contributed by atoms with E-state index >= 15 is 0 Å². The fraction of sp³-hybridized carbons (Fsp3) is 0.154. The summed E-state index contributed by atoms with van der Waals surface area (Å²) in [7, 11) is -3.18. The summed E-state index contributed by atoms with van der Waals surface area (Å²) in [5.74, 6) is 0.358. The van der Waals surface area contributed by atoms with Crippen LogP contribution in [0.3, 0.4) is 0 Å². The van der Waals surface area contributed by atoms with Crippen LogP contribution in [0.4, 0.5) is 5.95 Å². The van der Waals surface area contributed by atoms with Crippen LogP contribution in [0, 0.1) is 11.3 Å². The van der Waals surface area contributed by atoms with Crippen LogP contribution >= 0.6 is 0 Å². The molecule has 0 aliphatic carbocycles. The molecule has 0 saturated carbocycles. The molecule has 2 aromatic rings. The van der Waals surface area contributed by atoms with Crippen molar-refractivity contribution in [3.8, 4) is 6.07 Å². The Kier molecular flexibility index (Phi) is 3.96. The van der Waals surface area contributed by atoms with Gasteiger partial charge in [0.1, 0.15) is 11.8 Å². The van der Waals surface area contributed by atoms with E-state index in [4.69, 9.17) is 5.26 Å². The van der Waals surface area contributed by atoms with Crippen molar-refractivity contribution in [1.29, 1.82) is 5.26 Å². The molecule has 0 radical (unpaired) electrons. The van der Waals surface area contributed by atoms with Gasteiger partial charge in [-0.3, -0.25) is 0 Å². The van der Waals surface area contributed by atoms with Gasteiger partial charge in [-0.1, -0.05) is 12.1 Å². The van der Waals surface area contributed by atoms with E-state index in [-0.39, 0.29) is 10.6 Å². The van der Waals surface area contributed by atoms with Gasteiger partial charge in [-0.15, -0.1) is 0 Å². The van der Waals surface area contributed by atoms with Gasteiger partial charge < -0.3 is 5.32 Å². The number of nitrogens with zero attached hydrogens (tertiary/aromatic N) is 3. The van der Waals surface area contributed by atoms with E-state index in [2.05, 4.69) is 15.3 Å². The lowest BCUT2D eigenvalue weighted by Crippen LogP contribution is -2.04. The summed E-state index contributed by atoms with van der Waals surface area (Å²) in [5, 5.41) is 11.7. The molecule has 0 aliphatic heterocycles. The molecule has 2 rings (SSSR count). The van der Waals surface area contributed by atoms with Crippen molar-refractivity contribution in [2.45, 2.75) is 11.4 Å². The summed E-state index contributed by atoms with van der Waals surface area (Å²) in [6.07, 6.45) is 2.67. The Morgan fingerprint density at radius 2 is 1.95 bits per heavy atom. The van der Waals surface area contributed by atoms with Crippen molar-refractivity contribution in [2.24, 2.45) is 0 Å². The van der Waals surface area contributed by atoms with Gasteiger partial charge >= 0.3 is 0 Å². The van der Waals surface area contributed by atoms with Gasteiger partial charge in [-0.05, 0) is 23.8 Å². The Balaban J connectivity index is 2.06. The fourth-order valence-corrected chi connectivity index (χ4v) is 2.17. The van der Waals surface area contributed by atoms with Gasteiger partial charge in [0.05, 0.1) is 4.90 Å². The molecule has 0 spiro atoms. The Labute approximate surface area is 117 Å². The fourth-order valence-electron chi connectivity index (χ4n) is 1.54. The number of anilines is 1. The highest BCUT2D eigenvalue weighted by Crippen LogP contribution is 2.11. The quantitative estimate of drug-likeness (QED) is 0.912. The SMILES string of the molecule is CS(=O)(=O)c1ccc(CNc2nccc(C#N)n2)cc1. The maximum Gasteiger partial charge on any atom is 0.224 e. The second-order valence-corrected chi connectivity index (χ2v) is 6.16. The molecule has 20 heavy (non-hydrogen) atoms. The predicted octanol–water partition coefficient (Wildman–Crippen LogP) is 1.36. The Morgan fingerprint density at radius 1 is 1.25 bits per heavy atom. The number of nitriles is 1. The van der Waals surface area contributed by atoms with E-state index in [1.165, 1.54) is 18.5 Å². The average molecular weight is 288 g/mol. The summed E-state index contributed by atoms with van der Waals surface area (Å²) in [4.78, 5) is 8.26. The highest BCUT2D eigenvalue weighted by molar-refractivity contribution is 7.90. The second kappa shape index (κ2) is 5.67. The Bertz CT molecular complexity index is 749. The first-order chi connectivity index (χ1) is 9.49. The van der Waals surface area contributed by atoms with Gasteiger partial charge in [0.15, 0.2) is 9.84 Å². The van der Waals surface area contributed by atoms with Crippen LogP contribution < -0.4 is 5.32 Å². The monoisotopic (exact) mass is 288 g/mol. The van der Waals surface area contributed by atoms with Crippen molar-refractivity contribution in [3.63, 3.8) is 0 Å². The van der Waals surface area contributed by atoms with E-state index in [1.54, 1.807) is 24.3 Å². The number of sulfone groups is 1. The number of aromatic nitrogens is 2. The standard InChI is InChI=1S/C13H12N4O2S/c1-20(18,19)12-4-2-10(3-5-12)9-16-13-15-7-6-11(8-14)17-13/h2-7H,9H2,1H3,(H,15,16,17). The van der Waals surface area contributed by atoms with Gasteiger partial charge in [0.2, 0.25) is 5.95 Å². The minimum Gasteiger partial charge on any atom is -0.350 e. The molecular formula is C13H12N4O2S. The smallest absolute Gasteiger partial charge is 0.224 e. The van der Waals surface area contributed by atoms with Gasteiger partial charge in [-0.25, -0.2) is 18.4 Å². The molecule has 0 fully saturated rings. The average Bonchev–Trinajstić information content (AvgIpc) is 2.45.